The Bertz CT molecular complexity index is 251. The molecule has 0 amide bonds. The molecule has 27 heavy (non-hydrogen) atoms. The Hall–Kier alpha value is -0.0400. The van der Waals surface area contributed by atoms with Crippen molar-refractivity contribution in [3.8, 4) is 0 Å². The van der Waals surface area contributed by atoms with E-state index in [9.17, 15) is 0 Å². The maximum Gasteiger partial charge on any atom is -0.00187 e. The van der Waals surface area contributed by atoms with Crippen molar-refractivity contribution < 1.29 is 0 Å². The van der Waals surface area contributed by atoms with Gasteiger partial charge < -0.3 is 4.90 Å². The van der Waals surface area contributed by atoms with Gasteiger partial charge in [0.25, 0.3) is 0 Å². The lowest BCUT2D eigenvalue weighted by atomic mass is 10.0. The SMILES string of the molecule is CCCCCCCCN(CCCCCCC(C)C)CCCCCCC(C)C. The van der Waals surface area contributed by atoms with Crippen LogP contribution in [-0.4, -0.2) is 24.5 Å². The van der Waals surface area contributed by atoms with Gasteiger partial charge in [0.05, 0.1) is 0 Å². The summed E-state index contributed by atoms with van der Waals surface area (Å²) in [6.45, 7) is 15.8. The third-order valence-corrected chi connectivity index (χ3v) is 5.84. The van der Waals surface area contributed by atoms with Gasteiger partial charge in [-0.2, -0.15) is 0 Å². The average Bonchev–Trinajstić information content (AvgIpc) is 2.62. The van der Waals surface area contributed by atoms with Gasteiger partial charge in [0.2, 0.25) is 0 Å². The molecule has 0 aliphatic rings. The molecule has 164 valence electrons. The molecule has 0 fully saturated rings. The summed E-state index contributed by atoms with van der Waals surface area (Å²) in [5, 5.41) is 0. The Labute approximate surface area is 174 Å². The van der Waals surface area contributed by atoms with E-state index >= 15 is 0 Å². The molecule has 0 aromatic rings. The van der Waals surface area contributed by atoms with Gasteiger partial charge in [-0.1, -0.05) is 118 Å². The molecule has 0 aromatic carbocycles. The fraction of sp³-hybridized carbons (Fsp3) is 1.00. The van der Waals surface area contributed by atoms with Crippen LogP contribution in [0.5, 0.6) is 0 Å². The average molecular weight is 382 g/mol. The molecule has 0 aliphatic carbocycles. The van der Waals surface area contributed by atoms with E-state index in [4.69, 9.17) is 0 Å². The van der Waals surface area contributed by atoms with Crippen molar-refractivity contribution in [2.75, 3.05) is 19.6 Å². The molecule has 0 heterocycles. The van der Waals surface area contributed by atoms with E-state index in [-0.39, 0.29) is 0 Å². The summed E-state index contributed by atoms with van der Waals surface area (Å²) in [5.74, 6) is 1.76. The van der Waals surface area contributed by atoms with Crippen LogP contribution in [0.2, 0.25) is 0 Å². The molecule has 0 rings (SSSR count). The zero-order valence-corrected chi connectivity index (χ0v) is 20.0. The molecule has 1 heteroatoms. The van der Waals surface area contributed by atoms with Crippen molar-refractivity contribution in [3.63, 3.8) is 0 Å². The molecule has 0 radical (unpaired) electrons. The highest BCUT2D eigenvalue weighted by Gasteiger charge is 2.05. The van der Waals surface area contributed by atoms with Gasteiger partial charge in [-0.25, -0.2) is 0 Å². The van der Waals surface area contributed by atoms with E-state index in [1.807, 2.05) is 0 Å². The normalized spacial score (nSPS) is 12.0. The van der Waals surface area contributed by atoms with Crippen LogP contribution in [-0.2, 0) is 0 Å². The van der Waals surface area contributed by atoms with Crippen molar-refractivity contribution in [2.24, 2.45) is 11.8 Å². The number of nitrogens with zero attached hydrogens (tertiary/aromatic N) is 1. The first-order chi connectivity index (χ1) is 13.1. The van der Waals surface area contributed by atoms with E-state index in [1.54, 1.807) is 0 Å². The molecular formula is C26H55N. The summed E-state index contributed by atoms with van der Waals surface area (Å²) in [5.41, 5.74) is 0. The molecule has 0 bridgehead atoms. The largest absolute Gasteiger partial charge is 0.303 e. The minimum Gasteiger partial charge on any atom is -0.303 e. The molecule has 0 unspecified atom stereocenters. The molecule has 0 aliphatic heterocycles. The molecule has 1 nitrogen and oxygen atoms in total. The Balaban J connectivity index is 3.84. The van der Waals surface area contributed by atoms with Gasteiger partial charge in [-0.05, 0) is 50.7 Å². The fourth-order valence-corrected chi connectivity index (χ4v) is 3.93. The van der Waals surface area contributed by atoms with Gasteiger partial charge in [-0.15, -0.1) is 0 Å². The summed E-state index contributed by atoms with van der Waals surface area (Å²) in [6, 6.07) is 0. The van der Waals surface area contributed by atoms with Crippen LogP contribution in [0.25, 0.3) is 0 Å². The van der Waals surface area contributed by atoms with E-state index in [1.165, 1.54) is 122 Å². The maximum atomic E-state index is 2.80. The second kappa shape index (κ2) is 20.7. The van der Waals surface area contributed by atoms with Crippen LogP contribution in [0, 0.1) is 11.8 Å². The quantitative estimate of drug-likeness (QED) is 0.179. The highest BCUT2D eigenvalue weighted by molar-refractivity contribution is 4.61. The summed E-state index contributed by atoms with van der Waals surface area (Å²) in [6.07, 6.45) is 22.8. The van der Waals surface area contributed by atoms with Gasteiger partial charge >= 0.3 is 0 Å². The van der Waals surface area contributed by atoms with E-state index in [0.717, 1.165) is 11.8 Å². The third kappa shape index (κ3) is 22.1. The van der Waals surface area contributed by atoms with E-state index in [0.29, 0.717) is 0 Å². The van der Waals surface area contributed by atoms with Crippen molar-refractivity contribution in [2.45, 2.75) is 137 Å². The smallest absolute Gasteiger partial charge is 0.00187 e. The first-order valence-corrected chi connectivity index (χ1v) is 12.8. The van der Waals surface area contributed by atoms with Crippen molar-refractivity contribution >= 4 is 0 Å². The van der Waals surface area contributed by atoms with Crippen molar-refractivity contribution in [1.29, 1.82) is 0 Å². The van der Waals surface area contributed by atoms with Crippen LogP contribution >= 0.6 is 0 Å². The van der Waals surface area contributed by atoms with E-state index in [2.05, 4.69) is 39.5 Å². The predicted molar refractivity (Wildman–Crippen MR) is 126 cm³/mol. The lowest BCUT2D eigenvalue weighted by molar-refractivity contribution is 0.253. The van der Waals surface area contributed by atoms with Gasteiger partial charge in [0.15, 0.2) is 0 Å². The zero-order chi connectivity index (χ0) is 20.2. The predicted octanol–water partition coefficient (Wildman–Crippen LogP) is 8.86. The van der Waals surface area contributed by atoms with Crippen LogP contribution in [0.4, 0.5) is 0 Å². The molecule has 0 aromatic heterocycles. The number of unbranched alkanes of at least 4 members (excludes halogenated alkanes) is 11. The summed E-state index contributed by atoms with van der Waals surface area (Å²) < 4.78 is 0. The molecule has 0 N–H and O–H groups in total. The van der Waals surface area contributed by atoms with Gasteiger partial charge in [0, 0.05) is 0 Å². The zero-order valence-electron chi connectivity index (χ0n) is 20.0. The molecular weight excluding hydrogens is 326 g/mol. The minimum absolute atomic E-state index is 0.880. The first kappa shape index (κ1) is 27.0. The lowest BCUT2D eigenvalue weighted by Crippen LogP contribution is -2.27. The Kier molecular flexibility index (Phi) is 20.7. The van der Waals surface area contributed by atoms with Crippen molar-refractivity contribution in [1.82, 2.24) is 4.90 Å². The molecule has 0 saturated heterocycles. The summed E-state index contributed by atoms with van der Waals surface area (Å²) >= 11 is 0. The second-order valence-electron chi connectivity index (χ2n) is 9.80. The fourth-order valence-electron chi connectivity index (χ4n) is 3.93. The lowest BCUT2D eigenvalue weighted by Gasteiger charge is -2.22. The highest BCUT2D eigenvalue weighted by Crippen LogP contribution is 2.13. The van der Waals surface area contributed by atoms with Crippen LogP contribution in [0.3, 0.4) is 0 Å². The highest BCUT2D eigenvalue weighted by atomic mass is 15.1. The van der Waals surface area contributed by atoms with E-state index < -0.39 is 0 Å². The van der Waals surface area contributed by atoms with Gasteiger partial charge in [0.1, 0.15) is 0 Å². The number of rotatable bonds is 21. The second-order valence-corrected chi connectivity index (χ2v) is 9.80. The Morgan fingerprint density at radius 1 is 0.444 bits per heavy atom. The monoisotopic (exact) mass is 381 g/mol. The third-order valence-electron chi connectivity index (χ3n) is 5.84. The van der Waals surface area contributed by atoms with Crippen LogP contribution in [0.15, 0.2) is 0 Å². The Morgan fingerprint density at radius 2 is 0.778 bits per heavy atom. The van der Waals surface area contributed by atoms with Crippen molar-refractivity contribution in [3.05, 3.63) is 0 Å². The summed E-state index contributed by atoms with van der Waals surface area (Å²) in [4.78, 5) is 2.80. The standard InChI is InChI=1S/C26H55N/c1-6-7-8-9-12-17-22-27(23-18-13-10-15-20-25(2)3)24-19-14-11-16-21-26(4)5/h25-26H,6-24H2,1-5H3. The van der Waals surface area contributed by atoms with Crippen LogP contribution in [0.1, 0.15) is 137 Å². The Morgan fingerprint density at radius 3 is 1.15 bits per heavy atom. The summed E-state index contributed by atoms with van der Waals surface area (Å²) in [7, 11) is 0. The number of hydrogen-bond donors (Lipinski definition) is 0. The molecule has 0 spiro atoms. The molecule has 0 saturated carbocycles. The number of hydrogen-bond acceptors (Lipinski definition) is 1. The minimum atomic E-state index is 0.880. The first-order valence-electron chi connectivity index (χ1n) is 12.8. The van der Waals surface area contributed by atoms with Gasteiger partial charge in [-0.3, -0.25) is 0 Å². The topological polar surface area (TPSA) is 3.24 Å². The molecule has 0 atom stereocenters. The van der Waals surface area contributed by atoms with Crippen LogP contribution < -0.4 is 0 Å². The maximum absolute atomic E-state index is 2.80.